The van der Waals surface area contributed by atoms with Gasteiger partial charge in [0.05, 0.1) is 11.6 Å². The van der Waals surface area contributed by atoms with Crippen LogP contribution in [0.5, 0.6) is 0 Å². The zero-order valence-electron chi connectivity index (χ0n) is 15.5. The summed E-state index contributed by atoms with van der Waals surface area (Å²) in [5.41, 5.74) is 0.873. The zero-order chi connectivity index (χ0) is 18.0. The fraction of sp³-hybridized carbons (Fsp3) is 0.611. The molecule has 0 radical (unpaired) electrons. The van der Waals surface area contributed by atoms with Crippen LogP contribution in [0.1, 0.15) is 45.1 Å². The van der Waals surface area contributed by atoms with Crippen molar-refractivity contribution in [3.05, 3.63) is 40.7 Å². The number of rotatable bonds is 4. The second-order valence-corrected chi connectivity index (χ2v) is 7.92. The number of nitrogens with zero attached hydrogens (tertiary/aromatic N) is 6. The lowest BCUT2D eigenvalue weighted by atomic mass is 10.0. The Kier molecular flexibility index (Phi) is 5.41. The highest BCUT2D eigenvalue weighted by Crippen LogP contribution is 2.34. The maximum atomic E-state index is 6.56. The summed E-state index contributed by atoms with van der Waals surface area (Å²) < 4.78 is 1.92. The molecule has 0 amide bonds. The highest BCUT2D eigenvalue weighted by Gasteiger charge is 2.33. The summed E-state index contributed by atoms with van der Waals surface area (Å²) in [6, 6.07) is 7.98. The highest BCUT2D eigenvalue weighted by atomic mass is 35.5. The van der Waals surface area contributed by atoms with Crippen molar-refractivity contribution in [2.45, 2.75) is 39.3 Å². The summed E-state index contributed by atoms with van der Waals surface area (Å²) >= 11 is 6.56. The summed E-state index contributed by atoms with van der Waals surface area (Å²) in [7, 11) is 0. The Labute approximate surface area is 154 Å². The van der Waals surface area contributed by atoms with E-state index in [1.807, 2.05) is 22.9 Å². The number of benzene rings is 1. The maximum Gasteiger partial charge on any atom is 0.173 e. The third kappa shape index (κ3) is 3.86. The first-order valence-electron chi connectivity index (χ1n) is 8.91. The lowest BCUT2D eigenvalue weighted by Crippen LogP contribution is -2.48. The summed E-state index contributed by atoms with van der Waals surface area (Å²) in [6.45, 7) is 13.7. The van der Waals surface area contributed by atoms with Gasteiger partial charge >= 0.3 is 0 Å². The SMILES string of the molecule is CCN1CCN([C@@H](c2ccccc2Cl)c2nnnn2C(C)(C)C)CC1. The van der Waals surface area contributed by atoms with E-state index in [4.69, 9.17) is 11.6 Å². The van der Waals surface area contributed by atoms with E-state index in [9.17, 15) is 0 Å². The third-order valence-electron chi connectivity index (χ3n) is 4.79. The molecule has 0 aliphatic carbocycles. The largest absolute Gasteiger partial charge is 0.301 e. The van der Waals surface area contributed by atoms with Gasteiger partial charge in [-0.25, -0.2) is 4.68 Å². The second-order valence-electron chi connectivity index (χ2n) is 7.51. The highest BCUT2D eigenvalue weighted by molar-refractivity contribution is 6.31. The predicted octanol–water partition coefficient (Wildman–Crippen LogP) is 2.81. The number of aromatic nitrogens is 4. The smallest absolute Gasteiger partial charge is 0.173 e. The molecule has 3 rings (SSSR count). The van der Waals surface area contributed by atoms with E-state index in [-0.39, 0.29) is 11.6 Å². The topological polar surface area (TPSA) is 50.1 Å². The standard InChI is InChI=1S/C18H27ClN6/c1-5-23-10-12-24(13-11-23)16(14-8-6-7-9-15(14)19)17-20-21-22-25(17)18(2,3)4/h6-9,16H,5,10-13H2,1-4H3/t16-/m0/s1. The van der Waals surface area contributed by atoms with Crippen LogP contribution in [-0.4, -0.2) is 62.7 Å². The minimum atomic E-state index is -0.191. The van der Waals surface area contributed by atoms with Gasteiger partial charge in [-0.2, -0.15) is 0 Å². The van der Waals surface area contributed by atoms with E-state index >= 15 is 0 Å². The lowest BCUT2D eigenvalue weighted by molar-refractivity contribution is 0.106. The number of hydrogen-bond donors (Lipinski definition) is 0. The Bertz CT molecular complexity index is 700. The van der Waals surface area contributed by atoms with E-state index in [2.05, 4.69) is 59.1 Å². The van der Waals surface area contributed by atoms with Gasteiger partial charge in [-0.1, -0.05) is 36.7 Å². The average molecular weight is 363 g/mol. The summed E-state index contributed by atoms with van der Waals surface area (Å²) in [6.07, 6.45) is 0. The fourth-order valence-electron chi connectivity index (χ4n) is 3.38. The Morgan fingerprint density at radius 2 is 1.80 bits per heavy atom. The van der Waals surface area contributed by atoms with Gasteiger partial charge in [0.25, 0.3) is 0 Å². The van der Waals surface area contributed by atoms with Crippen LogP contribution in [0.15, 0.2) is 24.3 Å². The van der Waals surface area contributed by atoms with Crippen molar-refractivity contribution in [1.29, 1.82) is 0 Å². The molecular formula is C18H27ClN6. The van der Waals surface area contributed by atoms with Gasteiger partial charge < -0.3 is 4.90 Å². The minimum Gasteiger partial charge on any atom is -0.301 e. The van der Waals surface area contributed by atoms with Crippen LogP contribution in [0.4, 0.5) is 0 Å². The monoisotopic (exact) mass is 362 g/mol. The molecule has 0 bridgehead atoms. The Hall–Kier alpha value is -1.50. The molecule has 0 unspecified atom stereocenters. The molecule has 25 heavy (non-hydrogen) atoms. The van der Waals surface area contributed by atoms with E-state index < -0.39 is 0 Å². The molecule has 1 aliphatic heterocycles. The van der Waals surface area contributed by atoms with Crippen molar-refractivity contribution in [2.24, 2.45) is 0 Å². The molecule has 0 N–H and O–H groups in total. The molecule has 1 saturated heterocycles. The molecule has 1 aliphatic rings. The molecule has 2 heterocycles. The van der Waals surface area contributed by atoms with Crippen molar-refractivity contribution in [1.82, 2.24) is 30.0 Å². The number of piperazine rings is 1. The average Bonchev–Trinajstić information content (AvgIpc) is 3.07. The van der Waals surface area contributed by atoms with Crippen LogP contribution in [0.3, 0.4) is 0 Å². The van der Waals surface area contributed by atoms with Crippen molar-refractivity contribution >= 4 is 11.6 Å². The third-order valence-corrected chi connectivity index (χ3v) is 5.14. The Morgan fingerprint density at radius 3 is 2.40 bits per heavy atom. The van der Waals surface area contributed by atoms with Crippen LogP contribution in [-0.2, 0) is 5.54 Å². The van der Waals surface area contributed by atoms with Gasteiger partial charge in [-0.15, -0.1) is 5.10 Å². The minimum absolute atomic E-state index is 0.0399. The van der Waals surface area contributed by atoms with E-state index in [1.54, 1.807) is 0 Å². The Morgan fingerprint density at radius 1 is 1.12 bits per heavy atom. The fourth-order valence-corrected chi connectivity index (χ4v) is 3.62. The van der Waals surface area contributed by atoms with Gasteiger partial charge in [0, 0.05) is 31.2 Å². The predicted molar refractivity (Wildman–Crippen MR) is 99.8 cm³/mol. The molecule has 6 nitrogen and oxygen atoms in total. The van der Waals surface area contributed by atoms with Gasteiger partial charge in [0.15, 0.2) is 5.82 Å². The molecule has 2 aromatic rings. The molecule has 136 valence electrons. The maximum absolute atomic E-state index is 6.56. The normalized spacial score (nSPS) is 18.4. The van der Waals surface area contributed by atoms with Gasteiger partial charge in [-0.3, -0.25) is 4.90 Å². The van der Waals surface area contributed by atoms with Crippen molar-refractivity contribution < 1.29 is 0 Å². The van der Waals surface area contributed by atoms with Crippen LogP contribution in [0, 0.1) is 0 Å². The molecule has 0 spiro atoms. The molecule has 1 atom stereocenters. The van der Waals surface area contributed by atoms with Crippen LogP contribution >= 0.6 is 11.6 Å². The number of hydrogen-bond acceptors (Lipinski definition) is 5. The summed E-state index contributed by atoms with van der Waals surface area (Å²) in [5.74, 6) is 0.852. The van der Waals surface area contributed by atoms with Crippen LogP contribution < -0.4 is 0 Å². The first kappa shape index (κ1) is 18.3. The lowest BCUT2D eigenvalue weighted by Gasteiger charge is -2.39. The molecule has 1 aromatic heterocycles. The molecular weight excluding hydrogens is 336 g/mol. The van der Waals surface area contributed by atoms with Gasteiger partial charge in [0.2, 0.25) is 0 Å². The van der Waals surface area contributed by atoms with E-state index in [0.29, 0.717) is 0 Å². The number of tetrazole rings is 1. The molecule has 7 heteroatoms. The summed E-state index contributed by atoms with van der Waals surface area (Å²) in [5, 5.41) is 13.4. The van der Waals surface area contributed by atoms with Gasteiger partial charge in [0.1, 0.15) is 0 Å². The molecule has 1 aromatic carbocycles. The van der Waals surface area contributed by atoms with Crippen molar-refractivity contribution in [3.8, 4) is 0 Å². The Balaban J connectivity index is 2.02. The molecule has 1 fully saturated rings. The molecule has 0 saturated carbocycles. The van der Waals surface area contributed by atoms with Crippen molar-refractivity contribution in [2.75, 3.05) is 32.7 Å². The number of halogens is 1. The first-order valence-corrected chi connectivity index (χ1v) is 9.29. The van der Waals surface area contributed by atoms with Crippen molar-refractivity contribution in [3.63, 3.8) is 0 Å². The zero-order valence-corrected chi connectivity index (χ0v) is 16.2. The first-order chi connectivity index (χ1) is 11.9. The van der Waals surface area contributed by atoms with E-state index in [1.165, 1.54) is 0 Å². The summed E-state index contributed by atoms with van der Waals surface area (Å²) in [4.78, 5) is 4.91. The van der Waals surface area contributed by atoms with E-state index in [0.717, 1.165) is 49.1 Å². The van der Waals surface area contributed by atoms with Crippen LogP contribution in [0.25, 0.3) is 0 Å². The van der Waals surface area contributed by atoms with Gasteiger partial charge in [-0.05, 0) is 49.4 Å². The quantitative estimate of drug-likeness (QED) is 0.837. The van der Waals surface area contributed by atoms with Crippen LogP contribution in [0.2, 0.25) is 5.02 Å². The number of likely N-dealkylation sites (N-methyl/N-ethyl adjacent to an activating group) is 1. The second kappa shape index (κ2) is 7.40.